The zero-order valence-electron chi connectivity index (χ0n) is 12.9. The molecule has 0 N–H and O–H groups in total. The molecule has 0 aromatic heterocycles. The first-order valence-electron chi connectivity index (χ1n) is 7.30. The van der Waals surface area contributed by atoms with Crippen molar-refractivity contribution in [2.45, 2.75) is 80.3 Å². The standard InChI is InChI=1S/C11H20O2.2C2H6/c1-8(2)13-11(12)10-6-4-9(3)5-7-10;2*1-2/h8-10H,4-7H2,1-3H3;2*1-2H3. The lowest BCUT2D eigenvalue weighted by atomic mass is 9.83. The van der Waals surface area contributed by atoms with Crippen LogP contribution in [0, 0.1) is 11.8 Å². The van der Waals surface area contributed by atoms with Gasteiger partial charge in [0.05, 0.1) is 12.0 Å². The van der Waals surface area contributed by atoms with Crippen molar-refractivity contribution < 1.29 is 9.53 Å². The molecule has 0 bridgehead atoms. The summed E-state index contributed by atoms with van der Waals surface area (Å²) in [5, 5.41) is 0. The van der Waals surface area contributed by atoms with E-state index >= 15 is 0 Å². The quantitative estimate of drug-likeness (QED) is 0.651. The second kappa shape index (κ2) is 11.9. The van der Waals surface area contributed by atoms with Crippen LogP contribution in [0.4, 0.5) is 0 Å². The molecule has 0 aromatic carbocycles. The van der Waals surface area contributed by atoms with E-state index in [2.05, 4.69) is 6.92 Å². The van der Waals surface area contributed by atoms with Gasteiger partial charge in [0, 0.05) is 0 Å². The fraction of sp³-hybridized carbons (Fsp3) is 0.933. The van der Waals surface area contributed by atoms with Crippen molar-refractivity contribution in [3.63, 3.8) is 0 Å². The molecule has 2 heteroatoms. The molecule has 2 nitrogen and oxygen atoms in total. The monoisotopic (exact) mass is 244 g/mol. The van der Waals surface area contributed by atoms with Crippen molar-refractivity contribution in [3.05, 3.63) is 0 Å². The predicted molar refractivity (Wildman–Crippen MR) is 75.0 cm³/mol. The molecule has 0 radical (unpaired) electrons. The Morgan fingerprint density at radius 2 is 1.41 bits per heavy atom. The molecule has 0 heterocycles. The van der Waals surface area contributed by atoms with Gasteiger partial charge in [0.25, 0.3) is 0 Å². The van der Waals surface area contributed by atoms with Crippen molar-refractivity contribution in [1.82, 2.24) is 0 Å². The first-order valence-corrected chi connectivity index (χ1v) is 7.30. The third-order valence-corrected chi connectivity index (χ3v) is 2.70. The van der Waals surface area contributed by atoms with Gasteiger partial charge in [-0.15, -0.1) is 0 Å². The van der Waals surface area contributed by atoms with Gasteiger partial charge in [-0.2, -0.15) is 0 Å². The largest absolute Gasteiger partial charge is 0.463 e. The molecule has 0 unspecified atom stereocenters. The van der Waals surface area contributed by atoms with E-state index < -0.39 is 0 Å². The maximum atomic E-state index is 11.5. The number of hydrogen-bond donors (Lipinski definition) is 0. The average Bonchev–Trinajstić information content (AvgIpc) is 2.34. The topological polar surface area (TPSA) is 26.3 Å². The van der Waals surface area contributed by atoms with Crippen molar-refractivity contribution in [2.24, 2.45) is 11.8 Å². The van der Waals surface area contributed by atoms with E-state index in [9.17, 15) is 4.79 Å². The molecule has 1 saturated carbocycles. The highest BCUT2D eigenvalue weighted by Gasteiger charge is 2.25. The van der Waals surface area contributed by atoms with Crippen molar-refractivity contribution in [3.8, 4) is 0 Å². The van der Waals surface area contributed by atoms with Gasteiger partial charge >= 0.3 is 5.97 Å². The Morgan fingerprint density at radius 3 is 1.76 bits per heavy atom. The molecule has 1 aliphatic carbocycles. The lowest BCUT2D eigenvalue weighted by Crippen LogP contribution is -2.25. The molecule has 0 amide bonds. The van der Waals surface area contributed by atoms with E-state index in [1.807, 2.05) is 41.5 Å². The summed E-state index contributed by atoms with van der Waals surface area (Å²) >= 11 is 0. The Balaban J connectivity index is 0. The number of hydrogen-bond acceptors (Lipinski definition) is 2. The van der Waals surface area contributed by atoms with Gasteiger partial charge in [-0.1, -0.05) is 34.6 Å². The highest BCUT2D eigenvalue weighted by atomic mass is 16.5. The van der Waals surface area contributed by atoms with E-state index in [4.69, 9.17) is 4.74 Å². The Labute approximate surface area is 108 Å². The van der Waals surface area contributed by atoms with Crippen LogP contribution in [0.25, 0.3) is 0 Å². The van der Waals surface area contributed by atoms with Crippen LogP contribution in [0.2, 0.25) is 0 Å². The molecule has 0 saturated heterocycles. The van der Waals surface area contributed by atoms with Crippen molar-refractivity contribution >= 4 is 5.97 Å². The number of carbonyl (C=O) groups excluding carboxylic acids is 1. The summed E-state index contributed by atoms with van der Waals surface area (Å²) in [5.74, 6) is 0.989. The molecule has 17 heavy (non-hydrogen) atoms. The fourth-order valence-corrected chi connectivity index (χ4v) is 1.82. The van der Waals surface area contributed by atoms with Gasteiger partial charge in [0.1, 0.15) is 0 Å². The van der Waals surface area contributed by atoms with Crippen LogP contribution in [0.3, 0.4) is 0 Å². The second-order valence-corrected chi connectivity index (χ2v) is 4.44. The van der Waals surface area contributed by atoms with Gasteiger partial charge in [-0.05, 0) is 45.4 Å². The van der Waals surface area contributed by atoms with Crippen LogP contribution in [0.5, 0.6) is 0 Å². The number of rotatable bonds is 2. The number of carbonyl (C=O) groups is 1. The lowest BCUT2D eigenvalue weighted by Gasteiger charge is -2.25. The van der Waals surface area contributed by atoms with Crippen LogP contribution in [0.15, 0.2) is 0 Å². The normalized spacial score (nSPS) is 22.8. The highest BCUT2D eigenvalue weighted by molar-refractivity contribution is 5.72. The van der Waals surface area contributed by atoms with Gasteiger partial charge in [0.2, 0.25) is 0 Å². The Bertz CT molecular complexity index is 168. The third kappa shape index (κ3) is 9.20. The summed E-state index contributed by atoms with van der Waals surface area (Å²) in [7, 11) is 0. The van der Waals surface area contributed by atoms with Crippen LogP contribution in [-0.4, -0.2) is 12.1 Å². The molecular weight excluding hydrogens is 212 g/mol. The van der Waals surface area contributed by atoms with Crippen LogP contribution >= 0.6 is 0 Å². The Kier molecular flexibility index (Phi) is 13.2. The van der Waals surface area contributed by atoms with Gasteiger partial charge in [-0.25, -0.2) is 0 Å². The van der Waals surface area contributed by atoms with Gasteiger partial charge in [-0.3, -0.25) is 4.79 Å². The first-order chi connectivity index (χ1) is 8.09. The molecule has 1 fully saturated rings. The summed E-state index contributed by atoms with van der Waals surface area (Å²) in [6.07, 6.45) is 4.43. The Morgan fingerprint density at radius 1 is 1.00 bits per heavy atom. The summed E-state index contributed by atoms with van der Waals surface area (Å²) in [4.78, 5) is 11.5. The molecule has 104 valence electrons. The third-order valence-electron chi connectivity index (χ3n) is 2.70. The molecule has 0 atom stereocenters. The number of esters is 1. The van der Waals surface area contributed by atoms with Crippen LogP contribution in [0.1, 0.15) is 74.1 Å². The molecule has 1 aliphatic rings. The number of ether oxygens (including phenoxy) is 1. The van der Waals surface area contributed by atoms with E-state index in [0.717, 1.165) is 18.8 Å². The first kappa shape index (κ1) is 18.8. The van der Waals surface area contributed by atoms with E-state index in [0.29, 0.717) is 0 Å². The summed E-state index contributed by atoms with van der Waals surface area (Å²) in [6, 6.07) is 0. The average molecular weight is 244 g/mol. The van der Waals surface area contributed by atoms with Gasteiger partial charge < -0.3 is 4.74 Å². The molecule has 0 spiro atoms. The minimum absolute atomic E-state index is 0.0156. The molecule has 0 aliphatic heterocycles. The minimum atomic E-state index is 0.0156. The van der Waals surface area contributed by atoms with Crippen molar-refractivity contribution in [2.75, 3.05) is 0 Å². The highest BCUT2D eigenvalue weighted by Crippen LogP contribution is 2.29. The zero-order chi connectivity index (χ0) is 13.8. The van der Waals surface area contributed by atoms with E-state index in [-0.39, 0.29) is 18.0 Å². The summed E-state index contributed by atoms with van der Waals surface area (Å²) in [5.41, 5.74) is 0. The van der Waals surface area contributed by atoms with Crippen LogP contribution < -0.4 is 0 Å². The SMILES string of the molecule is CC.CC.CC1CCC(C(=O)OC(C)C)CC1. The van der Waals surface area contributed by atoms with Gasteiger partial charge in [0.15, 0.2) is 0 Å². The fourth-order valence-electron chi connectivity index (χ4n) is 1.82. The van der Waals surface area contributed by atoms with E-state index in [1.54, 1.807) is 0 Å². The molecular formula is C15H32O2. The summed E-state index contributed by atoms with van der Waals surface area (Å²) < 4.78 is 5.19. The maximum Gasteiger partial charge on any atom is 0.309 e. The second-order valence-electron chi connectivity index (χ2n) is 4.44. The summed E-state index contributed by atoms with van der Waals surface area (Å²) in [6.45, 7) is 14.1. The van der Waals surface area contributed by atoms with Crippen molar-refractivity contribution in [1.29, 1.82) is 0 Å². The Hall–Kier alpha value is -0.530. The predicted octanol–water partition coefficient (Wildman–Crippen LogP) is 4.82. The zero-order valence-corrected chi connectivity index (χ0v) is 12.9. The minimum Gasteiger partial charge on any atom is -0.463 e. The van der Waals surface area contributed by atoms with E-state index in [1.165, 1.54) is 12.8 Å². The molecule has 1 rings (SSSR count). The van der Waals surface area contributed by atoms with Crippen LogP contribution in [-0.2, 0) is 9.53 Å². The lowest BCUT2D eigenvalue weighted by molar-refractivity contribution is -0.153. The molecule has 0 aromatic rings. The smallest absolute Gasteiger partial charge is 0.309 e. The maximum absolute atomic E-state index is 11.5.